The van der Waals surface area contributed by atoms with Crippen LogP contribution in [0.25, 0.3) is 0 Å². The van der Waals surface area contributed by atoms with Gasteiger partial charge in [-0.15, -0.1) is 0 Å². The Hall–Kier alpha value is -3.52. The third kappa shape index (κ3) is 5.79. The van der Waals surface area contributed by atoms with Crippen molar-refractivity contribution in [3.63, 3.8) is 0 Å². The van der Waals surface area contributed by atoms with Crippen molar-refractivity contribution in [1.82, 2.24) is 0 Å². The molecule has 1 atom stereocenters. The molecule has 3 aromatic rings. The topological polar surface area (TPSA) is 93.7 Å². The molecule has 0 aromatic heterocycles. The van der Waals surface area contributed by atoms with Crippen molar-refractivity contribution in [2.24, 2.45) is 0 Å². The highest BCUT2D eigenvalue weighted by molar-refractivity contribution is 7.92. The summed E-state index contributed by atoms with van der Waals surface area (Å²) in [7, 11) is -2.17. The number of ether oxygens (including phenoxy) is 2. The molecule has 32 heavy (non-hydrogen) atoms. The van der Waals surface area contributed by atoms with Crippen LogP contribution in [0.1, 0.15) is 18.9 Å². The van der Waals surface area contributed by atoms with E-state index >= 15 is 0 Å². The van der Waals surface area contributed by atoms with Crippen LogP contribution in [-0.4, -0.2) is 27.5 Å². The number of hydrogen-bond donors (Lipinski definition) is 2. The third-order valence-electron chi connectivity index (χ3n) is 4.82. The van der Waals surface area contributed by atoms with Gasteiger partial charge in [0.1, 0.15) is 11.5 Å². The highest BCUT2D eigenvalue weighted by atomic mass is 32.2. The van der Waals surface area contributed by atoms with Gasteiger partial charge in [0, 0.05) is 5.69 Å². The minimum absolute atomic E-state index is 0.0975. The number of carbonyl (C=O) groups excluding carboxylic acids is 1. The van der Waals surface area contributed by atoms with E-state index in [2.05, 4.69) is 10.0 Å². The van der Waals surface area contributed by atoms with Gasteiger partial charge >= 0.3 is 0 Å². The number of rotatable bonds is 9. The highest BCUT2D eigenvalue weighted by Gasteiger charge is 2.20. The molecule has 0 spiro atoms. The van der Waals surface area contributed by atoms with Crippen LogP contribution < -0.4 is 19.5 Å². The molecule has 2 N–H and O–H groups in total. The first-order valence-electron chi connectivity index (χ1n) is 10.1. The summed E-state index contributed by atoms with van der Waals surface area (Å²) in [6.07, 6.45) is -0.237. The maximum absolute atomic E-state index is 12.7. The van der Waals surface area contributed by atoms with E-state index in [-0.39, 0.29) is 10.8 Å². The fourth-order valence-electron chi connectivity index (χ4n) is 2.97. The van der Waals surface area contributed by atoms with Crippen LogP contribution in [0.3, 0.4) is 0 Å². The number of anilines is 2. The lowest BCUT2D eigenvalue weighted by atomic mass is 10.2. The van der Waals surface area contributed by atoms with Crippen LogP contribution >= 0.6 is 0 Å². The number of nitrogens with one attached hydrogen (secondary N) is 2. The van der Waals surface area contributed by atoms with Crippen LogP contribution in [0.2, 0.25) is 0 Å². The molecule has 168 valence electrons. The zero-order valence-electron chi connectivity index (χ0n) is 18.2. The van der Waals surface area contributed by atoms with Gasteiger partial charge < -0.3 is 14.8 Å². The van der Waals surface area contributed by atoms with Crippen molar-refractivity contribution in [1.29, 1.82) is 0 Å². The van der Waals surface area contributed by atoms with E-state index in [0.717, 1.165) is 5.56 Å². The first kappa shape index (κ1) is 23.1. The molecular formula is C24H26N2O5S. The molecule has 0 saturated carbocycles. The van der Waals surface area contributed by atoms with E-state index in [1.807, 2.05) is 26.0 Å². The minimum atomic E-state index is -3.75. The molecule has 1 unspecified atom stereocenters. The highest BCUT2D eigenvalue weighted by Crippen LogP contribution is 2.22. The van der Waals surface area contributed by atoms with E-state index in [0.29, 0.717) is 29.3 Å². The smallest absolute Gasteiger partial charge is 0.265 e. The molecule has 0 aliphatic carbocycles. The predicted octanol–water partition coefficient (Wildman–Crippen LogP) is 4.60. The summed E-state index contributed by atoms with van der Waals surface area (Å²) in [5, 5.41) is 2.77. The first-order chi connectivity index (χ1) is 15.3. The molecule has 0 aliphatic heterocycles. The summed E-state index contributed by atoms with van der Waals surface area (Å²) < 4.78 is 38.8. The van der Waals surface area contributed by atoms with Gasteiger partial charge in [-0.25, -0.2) is 8.42 Å². The Morgan fingerprint density at radius 1 is 0.938 bits per heavy atom. The van der Waals surface area contributed by atoms with Crippen LogP contribution in [0.4, 0.5) is 11.4 Å². The van der Waals surface area contributed by atoms with Crippen molar-refractivity contribution >= 4 is 27.3 Å². The number of methoxy groups -OCH3 is 1. The summed E-state index contributed by atoms with van der Waals surface area (Å²) in [5.74, 6) is 0.926. The van der Waals surface area contributed by atoms with Crippen molar-refractivity contribution in [2.75, 3.05) is 17.1 Å². The molecule has 0 saturated heterocycles. The Labute approximate surface area is 188 Å². The number of benzene rings is 3. The lowest BCUT2D eigenvalue weighted by molar-refractivity contribution is -0.122. The normalized spacial score (nSPS) is 12.0. The Kier molecular flexibility index (Phi) is 7.37. The average Bonchev–Trinajstić information content (AvgIpc) is 2.79. The second kappa shape index (κ2) is 10.2. The van der Waals surface area contributed by atoms with Crippen molar-refractivity contribution < 1.29 is 22.7 Å². The lowest BCUT2D eigenvalue weighted by Crippen LogP contribution is -2.32. The molecule has 3 aromatic carbocycles. The molecule has 7 nitrogen and oxygen atoms in total. The van der Waals surface area contributed by atoms with Crippen LogP contribution in [0.5, 0.6) is 11.5 Å². The summed E-state index contributed by atoms with van der Waals surface area (Å²) in [6, 6.07) is 20.1. The molecule has 0 heterocycles. The maximum atomic E-state index is 12.7. The van der Waals surface area contributed by atoms with E-state index in [9.17, 15) is 13.2 Å². The van der Waals surface area contributed by atoms with Gasteiger partial charge in [0.25, 0.3) is 15.9 Å². The number of carbonyl (C=O) groups is 1. The summed E-state index contributed by atoms with van der Waals surface area (Å²) in [6.45, 7) is 3.68. The number of hydrogen-bond acceptors (Lipinski definition) is 5. The lowest BCUT2D eigenvalue weighted by Gasteiger charge is -2.17. The van der Waals surface area contributed by atoms with Gasteiger partial charge in [-0.05, 0) is 73.5 Å². The summed E-state index contributed by atoms with van der Waals surface area (Å²) in [5.41, 5.74) is 1.82. The monoisotopic (exact) mass is 454 g/mol. The van der Waals surface area contributed by atoms with Crippen LogP contribution in [0.15, 0.2) is 77.7 Å². The molecule has 0 radical (unpaired) electrons. The van der Waals surface area contributed by atoms with Crippen LogP contribution in [-0.2, 0) is 14.8 Å². The minimum Gasteiger partial charge on any atom is -0.497 e. The standard InChI is InChI=1S/C24H26N2O5S/c1-4-23(31-20-13-11-19(30-3)12-14-20)24(27)25-18-9-15-21(16-10-18)32(28,29)26-22-8-6-5-7-17(22)2/h5-16,23,26H,4H2,1-3H3,(H,25,27). The average molecular weight is 455 g/mol. The van der Waals surface area contributed by atoms with Gasteiger partial charge in [0.2, 0.25) is 0 Å². The van der Waals surface area contributed by atoms with Gasteiger partial charge in [0.15, 0.2) is 6.10 Å². The SMILES string of the molecule is CCC(Oc1ccc(OC)cc1)C(=O)Nc1ccc(S(=O)(=O)Nc2ccccc2C)cc1. The van der Waals surface area contributed by atoms with Crippen molar-refractivity contribution in [2.45, 2.75) is 31.3 Å². The van der Waals surface area contributed by atoms with Gasteiger partial charge in [0.05, 0.1) is 17.7 Å². The molecule has 0 aliphatic rings. The van der Waals surface area contributed by atoms with Gasteiger partial charge in [-0.1, -0.05) is 25.1 Å². The molecule has 1 amide bonds. The Balaban J connectivity index is 1.65. The number of para-hydroxylation sites is 1. The van der Waals surface area contributed by atoms with Gasteiger partial charge in [-0.2, -0.15) is 0 Å². The van der Waals surface area contributed by atoms with E-state index < -0.39 is 16.1 Å². The Bertz CT molecular complexity index is 1160. The Morgan fingerprint density at radius 2 is 1.56 bits per heavy atom. The second-order valence-corrected chi connectivity index (χ2v) is 8.81. The van der Waals surface area contributed by atoms with E-state index in [1.165, 1.54) is 12.1 Å². The fourth-order valence-corrected chi connectivity index (χ4v) is 4.10. The van der Waals surface area contributed by atoms with Crippen molar-refractivity contribution in [3.8, 4) is 11.5 Å². The first-order valence-corrected chi connectivity index (χ1v) is 11.6. The zero-order valence-corrected chi connectivity index (χ0v) is 19.0. The van der Waals surface area contributed by atoms with Gasteiger partial charge in [-0.3, -0.25) is 9.52 Å². The third-order valence-corrected chi connectivity index (χ3v) is 6.20. The molecule has 0 bridgehead atoms. The predicted molar refractivity (Wildman–Crippen MR) is 125 cm³/mol. The molecular weight excluding hydrogens is 428 g/mol. The molecule has 3 rings (SSSR count). The van der Waals surface area contributed by atoms with E-state index in [1.54, 1.807) is 55.6 Å². The quantitative estimate of drug-likeness (QED) is 0.493. The summed E-state index contributed by atoms with van der Waals surface area (Å²) >= 11 is 0. The second-order valence-electron chi connectivity index (χ2n) is 7.12. The maximum Gasteiger partial charge on any atom is 0.265 e. The number of aryl methyl sites for hydroxylation is 1. The number of amides is 1. The zero-order chi connectivity index (χ0) is 23.1. The fraction of sp³-hybridized carbons (Fsp3) is 0.208. The van der Waals surface area contributed by atoms with E-state index in [4.69, 9.17) is 9.47 Å². The molecule has 0 fully saturated rings. The largest absolute Gasteiger partial charge is 0.497 e. The number of sulfonamides is 1. The summed E-state index contributed by atoms with van der Waals surface area (Å²) in [4.78, 5) is 12.7. The Morgan fingerprint density at radius 3 is 2.16 bits per heavy atom. The van der Waals surface area contributed by atoms with Crippen LogP contribution in [0, 0.1) is 6.92 Å². The van der Waals surface area contributed by atoms with Crippen molar-refractivity contribution in [3.05, 3.63) is 78.4 Å². The molecule has 8 heteroatoms.